The highest BCUT2D eigenvalue weighted by Crippen LogP contribution is 1.99. The lowest BCUT2D eigenvalue weighted by atomic mass is 10.4. The molecule has 0 atom stereocenters. The maximum atomic E-state index is 10.7. The van der Waals surface area contributed by atoms with Crippen LogP contribution in [-0.4, -0.2) is 20.4 Å². The number of nitrogens with one attached hydrogen (secondary N) is 1. The van der Waals surface area contributed by atoms with E-state index in [1.807, 2.05) is 0 Å². The molecule has 0 saturated carbocycles. The van der Waals surface area contributed by atoms with E-state index in [0.717, 1.165) is 6.07 Å². The Morgan fingerprint density at radius 1 is 1.73 bits per heavy atom. The number of rotatable bonds is 2. The van der Waals surface area contributed by atoms with Crippen LogP contribution in [0.25, 0.3) is 0 Å². The maximum absolute atomic E-state index is 10.7. The van der Waals surface area contributed by atoms with Crippen LogP contribution in [0.4, 0.5) is 0 Å². The fraction of sp³-hybridized carbons (Fsp3) is 0.333. The van der Waals surface area contributed by atoms with Crippen LogP contribution in [0.2, 0.25) is 0 Å². The minimum absolute atomic E-state index is 0.232. The highest BCUT2D eigenvalue weighted by molar-refractivity contribution is 9.09. The topological polar surface area (TPSA) is 66.0 Å². The standard InChI is InChI=1S/C6H7BrN2O2/c7-2-1-4-8-5(10)3-6(11)9-4/h3H,1-2H2,(H2,8,9,10,11). The Morgan fingerprint density at radius 3 is 3.00 bits per heavy atom. The minimum Gasteiger partial charge on any atom is -0.493 e. The van der Waals surface area contributed by atoms with Gasteiger partial charge in [0.15, 0.2) is 0 Å². The molecule has 0 spiro atoms. The van der Waals surface area contributed by atoms with Crippen molar-refractivity contribution in [2.75, 3.05) is 5.33 Å². The number of aromatic amines is 1. The number of nitrogens with zero attached hydrogens (tertiary/aromatic N) is 1. The second kappa shape index (κ2) is 3.52. The molecule has 0 fully saturated rings. The van der Waals surface area contributed by atoms with Crippen LogP contribution in [0, 0.1) is 0 Å². The Hall–Kier alpha value is -0.840. The third kappa shape index (κ3) is 2.34. The van der Waals surface area contributed by atoms with Gasteiger partial charge in [-0.3, -0.25) is 4.79 Å². The molecule has 1 heterocycles. The number of H-pyrrole nitrogens is 1. The van der Waals surface area contributed by atoms with E-state index < -0.39 is 0 Å². The zero-order valence-electron chi connectivity index (χ0n) is 5.67. The van der Waals surface area contributed by atoms with E-state index in [1.54, 1.807) is 0 Å². The summed E-state index contributed by atoms with van der Waals surface area (Å²) >= 11 is 3.19. The molecule has 0 unspecified atom stereocenters. The molecule has 0 aliphatic heterocycles. The summed E-state index contributed by atoms with van der Waals surface area (Å²) in [5.74, 6) is 0.261. The first kappa shape index (κ1) is 8.26. The number of aryl methyl sites for hydroxylation is 1. The normalized spacial score (nSPS) is 9.91. The van der Waals surface area contributed by atoms with Gasteiger partial charge in [0.1, 0.15) is 5.82 Å². The van der Waals surface area contributed by atoms with Gasteiger partial charge in [-0.15, -0.1) is 0 Å². The number of aromatic hydroxyl groups is 1. The number of alkyl halides is 1. The molecule has 60 valence electrons. The Balaban J connectivity index is 2.99. The van der Waals surface area contributed by atoms with Gasteiger partial charge in [0.25, 0.3) is 5.56 Å². The molecule has 0 amide bonds. The molecule has 1 rings (SSSR count). The summed E-state index contributed by atoms with van der Waals surface area (Å²) in [6, 6.07) is 1.04. The van der Waals surface area contributed by atoms with E-state index >= 15 is 0 Å². The van der Waals surface area contributed by atoms with Gasteiger partial charge in [0.2, 0.25) is 5.88 Å². The number of aromatic nitrogens is 2. The highest BCUT2D eigenvalue weighted by atomic mass is 79.9. The number of halogens is 1. The molecule has 1 aromatic rings. The van der Waals surface area contributed by atoms with Crippen LogP contribution in [0.15, 0.2) is 10.9 Å². The second-order valence-electron chi connectivity index (χ2n) is 1.99. The van der Waals surface area contributed by atoms with Crippen molar-refractivity contribution in [1.82, 2.24) is 9.97 Å². The molecule has 0 aliphatic rings. The third-order valence-corrected chi connectivity index (χ3v) is 1.50. The van der Waals surface area contributed by atoms with Gasteiger partial charge >= 0.3 is 0 Å². The van der Waals surface area contributed by atoms with Gasteiger partial charge in [-0.1, -0.05) is 15.9 Å². The summed E-state index contributed by atoms with van der Waals surface area (Å²) in [6.45, 7) is 0. The van der Waals surface area contributed by atoms with Crippen LogP contribution in [-0.2, 0) is 6.42 Å². The Labute approximate surface area is 71.4 Å². The quantitative estimate of drug-likeness (QED) is 0.708. The summed E-state index contributed by atoms with van der Waals surface area (Å²) in [4.78, 5) is 16.9. The van der Waals surface area contributed by atoms with Crippen molar-refractivity contribution < 1.29 is 5.11 Å². The highest BCUT2D eigenvalue weighted by Gasteiger charge is 1.97. The molecule has 4 nitrogen and oxygen atoms in total. The van der Waals surface area contributed by atoms with Gasteiger partial charge in [-0.2, -0.15) is 0 Å². The summed E-state index contributed by atoms with van der Waals surface area (Å²) < 4.78 is 0. The van der Waals surface area contributed by atoms with Crippen molar-refractivity contribution in [2.45, 2.75) is 6.42 Å². The van der Waals surface area contributed by atoms with E-state index in [2.05, 4.69) is 25.9 Å². The maximum Gasteiger partial charge on any atom is 0.254 e. The summed E-state index contributed by atoms with van der Waals surface area (Å²) in [5, 5.41) is 9.58. The lowest BCUT2D eigenvalue weighted by molar-refractivity contribution is 0.448. The summed E-state index contributed by atoms with van der Waals surface area (Å²) in [5.41, 5.74) is -0.326. The summed E-state index contributed by atoms with van der Waals surface area (Å²) in [6.07, 6.45) is 0.601. The van der Waals surface area contributed by atoms with Crippen molar-refractivity contribution in [2.24, 2.45) is 0 Å². The predicted octanol–water partition coefficient (Wildman–Crippen LogP) is 0.413. The van der Waals surface area contributed by atoms with Crippen molar-refractivity contribution in [3.8, 4) is 5.88 Å². The number of hydrogen-bond acceptors (Lipinski definition) is 3. The van der Waals surface area contributed by atoms with Crippen LogP contribution in [0.3, 0.4) is 0 Å². The van der Waals surface area contributed by atoms with E-state index in [-0.39, 0.29) is 11.4 Å². The minimum atomic E-state index is -0.326. The van der Waals surface area contributed by atoms with Gasteiger partial charge in [-0.05, 0) is 0 Å². The predicted molar refractivity (Wildman–Crippen MR) is 44.0 cm³/mol. The van der Waals surface area contributed by atoms with E-state index in [9.17, 15) is 4.79 Å². The zero-order chi connectivity index (χ0) is 8.27. The van der Waals surface area contributed by atoms with Crippen molar-refractivity contribution >= 4 is 15.9 Å². The third-order valence-electron chi connectivity index (χ3n) is 1.11. The summed E-state index contributed by atoms with van der Waals surface area (Å²) in [7, 11) is 0. The molecule has 2 N–H and O–H groups in total. The van der Waals surface area contributed by atoms with Crippen LogP contribution < -0.4 is 5.56 Å². The van der Waals surface area contributed by atoms with Gasteiger partial charge in [0, 0.05) is 11.8 Å². The largest absolute Gasteiger partial charge is 0.493 e. The first-order chi connectivity index (χ1) is 5.22. The Bertz CT molecular complexity index is 297. The molecule has 5 heteroatoms. The fourth-order valence-electron chi connectivity index (χ4n) is 0.702. The van der Waals surface area contributed by atoms with Crippen molar-refractivity contribution in [3.05, 3.63) is 22.2 Å². The van der Waals surface area contributed by atoms with Crippen molar-refractivity contribution in [1.29, 1.82) is 0 Å². The monoisotopic (exact) mass is 218 g/mol. The van der Waals surface area contributed by atoms with Gasteiger partial charge < -0.3 is 10.1 Å². The van der Waals surface area contributed by atoms with E-state index in [0.29, 0.717) is 17.6 Å². The number of hydrogen-bond donors (Lipinski definition) is 2. The molecule has 0 aliphatic carbocycles. The van der Waals surface area contributed by atoms with E-state index in [4.69, 9.17) is 5.11 Å². The first-order valence-electron chi connectivity index (χ1n) is 3.07. The van der Waals surface area contributed by atoms with Crippen LogP contribution >= 0.6 is 15.9 Å². The first-order valence-corrected chi connectivity index (χ1v) is 4.19. The molecular weight excluding hydrogens is 212 g/mol. The Kier molecular flexibility index (Phi) is 2.64. The molecule has 1 aromatic heterocycles. The molecule has 0 saturated heterocycles. The SMILES string of the molecule is O=c1cc(O)nc(CCBr)[nH]1. The molecular formula is C6H7BrN2O2. The lowest BCUT2D eigenvalue weighted by Crippen LogP contribution is -2.09. The average molecular weight is 219 g/mol. The second-order valence-corrected chi connectivity index (χ2v) is 2.78. The smallest absolute Gasteiger partial charge is 0.254 e. The molecule has 0 aromatic carbocycles. The zero-order valence-corrected chi connectivity index (χ0v) is 7.26. The Morgan fingerprint density at radius 2 is 2.45 bits per heavy atom. The average Bonchev–Trinajstić information content (AvgIpc) is 1.85. The fourth-order valence-corrected chi connectivity index (χ4v) is 1.08. The molecule has 11 heavy (non-hydrogen) atoms. The van der Waals surface area contributed by atoms with Gasteiger partial charge in [0.05, 0.1) is 6.07 Å². The lowest BCUT2D eigenvalue weighted by Gasteiger charge is -1.95. The van der Waals surface area contributed by atoms with Gasteiger partial charge in [-0.25, -0.2) is 4.98 Å². The van der Waals surface area contributed by atoms with Crippen LogP contribution in [0.5, 0.6) is 5.88 Å². The molecule has 0 radical (unpaired) electrons. The van der Waals surface area contributed by atoms with E-state index in [1.165, 1.54) is 0 Å². The van der Waals surface area contributed by atoms with Crippen molar-refractivity contribution in [3.63, 3.8) is 0 Å². The molecule has 0 bridgehead atoms. The van der Waals surface area contributed by atoms with Crippen LogP contribution in [0.1, 0.15) is 5.82 Å².